The molecule has 2 atom stereocenters. The van der Waals surface area contributed by atoms with E-state index in [0.29, 0.717) is 28.9 Å². The summed E-state index contributed by atoms with van der Waals surface area (Å²) in [5, 5.41) is 10.4. The van der Waals surface area contributed by atoms with Crippen LogP contribution in [-0.2, 0) is 30.3 Å². The molecule has 0 unspecified atom stereocenters. The fourth-order valence-corrected chi connectivity index (χ4v) is 4.30. The van der Waals surface area contributed by atoms with Crippen LogP contribution in [0.25, 0.3) is 11.1 Å². The van der Waals surface area contributed by atoms with Crippen molar-refractivity contribution in [3.05, 3.63) is 58.9 Å². The number of carbonyl (C=O) groups is 1. The van der Waals surface area contributed by atoms with Gasteiger partial charge in [0.15, 0.2) is 0 Å². The van der Waals surface area contributed by atoms with Gasteiger partial charge in [-0.05, 0) is 61.3 Å². The molecule has 2 aromatic rings. The Kier molecular flexibility index (Phi) is 10.3. The minimum Gasteiger partial charge on any atom is -0.466 e. The fraction of sp³-hybridized carbons (Fsp3) is 0.435. The molecule has 0 saturated heterocycles. The maximum atomic E-state index is 14.2. The number of carbonyl (C=O) groups excluding carboxylic acids is 1. The van der Waals surface area contributed by atoms with E-state index in [9.17, 15) is 22.6 Å². The molecule has 10 heteroatoms. The number of hydrogen-bond donors (Lipinski definition) is 1. The summed E-state index contributed by atoms with van der Waals surface area (Å²) in [6, 6.07) is 11.7. The highest BCUT2D eigenvalue weighted by Crippen LogP contribution is 2.28. The van der Waals surface area contributed by atoms with Gasteiger partial charge in [0.1, 0.15) is 5.82 Å². The van der Waals surface area contributed by atoms with Gasteiger partial charge in [0, 0.05) is 10.6 Å². The first kappa shape index (κ1) is 27.3. The van der Waals surface area contributed by atoms with E-state index in [1.807, 2.05) is 12.1 Å². The average molecular weight is 499 g/mol. The van der Waals surface area contributed by atoms with Crippen LogP contribution in [0.15, 0.2) is 42.5 Å². The Hall–Kier alpha value is -1.94. The van der Waals surface area contributed by atoms with Crippen molar-refractivity contribution in [2.75, 3.05) is 19.5 Å². The smallest absolute Gasteiger partial charge is 0.311 e. The number of ether oxygens (including phenoxy) is 1. The third-order valence-electron chi connectivity index (χ3n) is 5.11. The van der Waals surface area contributed by atoms with Gasteiger partial charge in [-0.15, -0.1) is 0 Å². The number of halogens is 2. The van der Waals surface area contributed by atoms with Crippen molar-refractivity contribution in [3.8, 4) is 11.1 Å². The molecular weight excluding hydrogens is 470 g/mol. The van der Waals surface area contributed by atoms with Crippen LogP contribution in [0.2, 0.25) is 18.2 Å². The van der Waals surface area contributed by atoms with Crippen molar-refractivity contribution in [1.82, 2.24) is 0 Å². The van der Waals surface area contributed by atoms with Crippen molar-refractivity contribution in [3.63, 3.8) is 0 Å². The lowest BCUT2D eigenvalue weighted by Gasteiger charge is -2.23. The van der Waals surface area contributed by atoms with Gasteiger partial charge in [-0.25, -0.2) is 4.39 Å². The van der Waals surface area contributed by atoms with Crippen molar-refractivity contribution >= 4 is 34.6 Å². The van der Waals surface area contributed by atoms with Gasteiger partial charge in [-0.3, -0.25) is 8.98 Å². The van der Waals surface area contributed by atoms with E-state index in [2.05, 4.69) is 0 Å². The van der Waals surface area contributed by atoms with Gasteiger partial charge in [0.05, 0.1) is 25.4 Å². The van der Waals surface area contributed by atoms with Crippen LogP contribution in [0.4, 0.5) is 4.39 Å². The van der Waals surface area contributed by atoms with E-state index in [1.165, 1.54) is 12.1 Å². The normalized spacial score (nSPS) is 13.4. The van der Waals surface area contributed by atoms with Gasteiger partial charge < -0.3 is 9.76 Å². The topological polar surface area (TPSA) is 89.9 Å². The molecule has 0 bridgehead atoms. The lowest BCUT2D eigenvalue weighted by molar-refractivity contribution is -0.149. The largest absolute Gasteiger partial charge is 0.466 e. The molecule has 0 fully saturated rings. The zero-order valence-corrected chi connectivity index (χ0v) is 20.5. The molecule has 0 radical (unpaired) electrons. The van der Waals surface area contributed by atoms with E-state index in [4.69, 9.17) is 20.5 Å². The molecule has 0 spiro atoms. The molecule has 2 rings (SSSR count). The lowest BCUT2D eigenvalue weighted by Crippen LogP contribution is -2.28. The number of rotatable bonds is 12. The predicted octanol–water partition coefficient (Wildman–Crippen LogP) is 4.46. The summed E-state index contributed by atoms with van der Waals surface area (Å²) in [7, 11) is -3.72. The van der Waals surface area contributed by atoms with Gasteiger partial charge in [0.25, 0.3) is 17.0 Å². The molecule has 2 aromatic carbocycles. The van der Waals surface area contributed by atoms with Crippen LogP contribution in [-0.4, -0.2) is 45.8 Å². The maximum Gasteiger partial charge on any atom is 0.311 e. The Labute approximate surface area is 200 Å². The molecule has 0 aliphatic rings. The fourth-order valence-electron chi connectivity index (χ4n) is 3.72. The Balaban J connectivity index is 2.19. The van der Waals surface area contributed by atoms with Crippen molar-refractivity contribution in [2.45, 2.75) is 32.9 Å². The molecule has 180 valence electrons. The van der Waals surface area contributed by atoms with E-state index >= 15 is 0 Å². The highest BCUT2D eigenvalue weighted by Gasteiger charge is 2.27. The van der Waals surface area contributed by atoms with E-state index in [1.54, 1.807) is 31.9 Å². The van der Waals surface area contributed by atoms with Crippen LogP contribution < -0.4 is 0 Å². The minimum atomic E-state index is -3.72. The van der Waals surface area contributed by atoms with Crippen molar-refractivity contribution in [2.24, 2.45) is 11.8 Å². The molecule has 0 aromatic heterocycles. The summed E-state index contributed by atoms with van der Waals surface area (Å²) in [5.74, 6) is -1.84. The van der Waals surface area contributed by atoms with E-state index < -0.39 is 28.9 Å². The SMILES string of the molecule is CCOC(=O)[C@H](COS(C)(=O)=O)C[C@H](CB(C)O)Cc1ccc(-c2cc(Cl)ccc2F)cc1. The summed E-state index contributed by atoms with van der Waals surface area (Å²) >= 11 is 5.99. The molecule has 33 heavy (non-hydrogen) atoms. The molecule has 1 N–H and O–H groups in total. The summed E-state index contributed by atoms with van der Waals surface area (Å²) in [6.07, 6.45) is 2.13. The van der Waals surface area contributed by atoms with Crippen LogP contribution in [0, 0.1) is 17.7 Å². The summed E-state index contributed by atoms with van der Waals surface area (Å²) in [6.45, 7) is 2.56. The second kappa shape index (κ2) is 12.5. The summed E-state index contributed by atoms with van der Waals surface area (Å²) in [4.78, 5) is 12.4. The number of benzene rings is 2. The monoisotopic (exact) mass is 498 g/mol. The van der Waals surface area contributed by atoms with Gasteiger partial charge in [0.2, 0.25) is 0 Å². The first-order valence-electron chi connectivity index (χ1n) is 10.7. The second-order valence-corrected chi connectivity index (χ2v) is 10.2. The maximum absolute atomic E-state index is 14.2. The van der Waals surface area contributed by atoms with Crippen LogP contribution >= 0.6 is 11.6 Å². The molecule has 6 nitrogen and oxygen atoms in total. The van der Waals surface area contributed by atoms with Gasteiger partial charge >= 0.3 is 5.97 Å². The van der Waals surface area contributed by atoms with Crippen LogP contribution in [0.3, 0.4) is 0 Å². The highest BCUT2D eigenvalue weighted by molar-refractivity contribution is 7.85. The highest BCUT2D eigenvalue weighted by atomic mass is 35.5. The van der Waals surface area contributed by atoms with Crippen LogP contribution in [0.5, 0.6) is 0 Å². The zero-order valence-electron chi connectivity index (χ0n) is 19.0. The third-order valence-corrected chi connectivity index (χ3v) is 5.91. The minimum absolute atomic E-state index is 0.142. The lowest BCUT2D eigenvalue weighted by atomic mass is 9.62. The Morgan fingerprint density at radius 2 is 1.88 bits per heavy atom. The molecular formula is C23H29BClFO6S. The molecule has 0 heterocycles. The standard InChI is InChI=1S/C23H29BClFO6S/c1-4-31-23(27)19(15-32-33(3,29)30)12-17(14-24(2)28)11-16-5-7-18(8-6-16)21-13-20(25)9-10-22(21)26/h5-10,13,17,19,28H,4,11-12,14-15H2,1-3H3/t17-,19+/m1/s1. The average Bonchev–Trinajstić information content (AvgIpc) is 2.72. The molecule has 0 saturated carbocycles. The number of hydrogen-bond acceptors (Lipinski definition) is 6. The third kappa shape index (κ3) is 9.45. The van der Waals surface area contributed by atoms with E-state index in [0.717, 1.165) is 11.8 Å². The first-order valence-corrected chi connectivity index (χ1v) is 12.9. The van der Waals surface area contributed by atoms with Crippen LogP contribution in [0.1, 0.15) is 18.9 Å². The quantitative estimate of drug-likeness (QED) is 0.264. The van der Waals surface area contributed by atoms with Gasteiger partial charge in [-0.2, -0.15) is 8.42 Å². The summed E-state index contributed by atoms with van der Waals surface area (Å²) in [5.41, 5.74) is 2.00. The Bertz CT molecular complexity index is 1030. The Morgan fingerprint density at radius 3 is 2.45 bits per heavy atom. The van der Waals surface area contributed by atoms with Gasteiger partial charge in [-0.1, -0.05) is 42.7 Å². The Morgan fingerprint density at radius 1 is 1.21 bits per heavy atom. The first-order chi connectivity index (χ1) is 15.5. The summed E-state index contributed by atoms with van der Waals surface area (Å²) < 4.78 is 46.9. The predicted molar refractivity (Wildman–Crippen MR) is 128 cm³/mol. The second-order valence-electron chi connectivity index (χ2n) is 8.15. The van der Waals surface area contributed by atoms with E-state index in [-0.39, 0.29) is 31.4 Å². The zero-order chi connectivity index (χ0) is 24.6. The number of esters is 1. The van der Waals surface area contributed by atoms with Crippen molar-refractivity contribution < 1.29 is 31.5 Å². The molecule has 0 aliphatic heterocycles. The van der Waals surface area contributed by atoms with Crippen molar-refractivity contribution in [1.29, 1.82) is 0 Å². The molecule has 0 amide bonds. The molecule has 0 aliphatic carbocycles.